The highest BCUT2D eigenvalue weighted by Gasteiger charge is 2.54. The number of H-pyrrole nitrogens is 1. The molecule has 3 aromatic rings. The van der Waals surface area contributed by atoms with Crippen LogP contribution in [0, 0.1) is 0 Å². The number of halogens is 1. The molecule has 0 atom stereocenters. The third kappa shape index (κ3) is 3.82. The van der Waals surface area contributed by atoms with Crippen molar-refractivity contribution in [3.05, 3.63) is 69.7 Å². The van der Waals surface area contributed by atoms with Gasteiger partial charge in [0.2, 0.25) is 5.91 Å². The first-order valence-electron chi connectivity index (χ1n) is 10.6. The lowest BCUT2D eigenvalue weighted by molar-refractivity contribution is -0.134. The zero-order chi connectivity index (χ0) is 22.9. The van der Waals surface area contributed by atoms with Gasteiger partial charge in [-0.3, -0.25) is 9.59 Å². The molecule has 2 aromatic carbocycles. The quantitative estimate of drug-likeness (QED) is 0.588. The van der Waals surface area contributed by atoms with E-state index in [-0.39, 0.29) is 36.4 Å². The van der Waals surface area contributed by atoms with Gasteiger partial charge in [0, 0.05) is 11.6 Å². The Hall–Kier alpha value is -2.71. The van der Waals surface area contributed by atoms with Gasteiger partial charge in [-0.15, -0.1) is 0 Å². The summed E-state index contributed by atoms with van der Waals surface area (Å²) in [5.74, 6) is -0.135. The number of nitrogens with zero attached hydrogens (tertiary/aromatic N) is 2. The van der Waals surface area contributed by atoms with Gasteiger partial charge in [-0.2, -0.15) is 0 Å². The molecule has 0 spiro atoms. The molecule has 168 valence electrons. The lowest BCUT2D eigenvalue weighted by atomic mass is 10.1. The van der Waals surface area contributed by atoms with Crippen molar-refractivity contribution in [2.75, 3.05) is 6.54 Å². The minimum absolute atomic E-state index is 0.0211. The molecule has 1 aliphatic rings. The number of para-hydroxylation sites is 1. The van der Waals surface area contributed by atoms with Crippen LogP contribution < -0.4 is 5.56 Å². The maximum absolute atomic E-state index is 13.7. The number of carbonyl (C=O) groups excluding carboxylic acids is 1. The molecule has 4 rings (SSSR count). The molecule has 0 saturated heterocycles. The summed E-state index contributed by atoms with van der Waals surface area (Å²) in [4.78, 5) is 34.9. The second-order valence-corrected chi connectivity index (χ2v) is 10.7. The number of amides is 1. The summed E-state index contributed by atoms with van der Waals surface area (Å²) < 4.78 is 25.8. The molecular weight excluding hydrogens is 450 g/mol. The number of fused-ring (bicyclic) bond motifs is 1. The lowest BCUT2D eigenvalue weighted by Crippen LogP contribution is -2.52. The Morgan fingerprint density at radius 1 is 1.12 bits per heavy atom. The van der Waals surface area contributed by atoms with Crippen molar-refractivity contribution in [3.63, 3.8) is 0 Å². The van der Waals surface area contributed by atoms with Crippen molar-refractivity contribution in [3.8, 4) is 0 Å². The van der Waals surface area contributed by atoms with E-state index in [1.807, 2.05) is 0 Å². The number of hydrogen-bond acceptors (Lipinski definition) is 5. The summed E-state index contributed by atoms with van der Waals surface area (Å²) in [6, 6.07) is 12.9. The summed E-state index contributed by atoms with van der Waals surface area (Å²) in [5, 5.41) is 0.889. The van der Waals surface area contributed by atoms with Crippen LogP contribution in [0.5, 0.6) is 0 Å². The first-order valence-corrected chi connectivity index (χ1v) is 12.4. The fraction of sp³-hybridized carbons (Fsp3) is 0.348. The molecule has 7 nitrogen and oxygen atoms in total. The van der Waals surface area contributed by atoms with Crippen LogP contribution in [0.25, 0.3) is 10.9 Å². The van der Waals surface area contributed by atoms with Crippen molar-refractivity contribution in [1.29, 1.82) is 0 Å². The lowest BCUT2D eigenvalue weighted by Gasteiger charge is -2.33. The number of aromatic nitrogens is 2. The number of rotatable bonds is 6. The maximum atomic E-state index is 13.7. The molecule has 1 N–H and O–H groups in total. The molecule has 0 bridgehead atoms. The highest BCUT2D eigenvalue weighted by molar-refractivity contribution is 7.93. The first-order chi connectivity index (χ1) is 15.3. The van der Waals surface area contributed by atoms with Crippen LogP contribution in [-0.4, -0.2) is 40.5 Å². The van der Waals surface area contributed by atoms with Crippen molar-refractivity contribution >= 4 is 38.2 Å². The predicted molar refractivity (Wildman–Crippen MR) is 123 cm³/mol. The molecule has 1 aliphatic carbocycles. The van der Waals surface area contributed by atoms with E-state index in [4.69, 9.17) is 11.6 Å². The second-order valence-electron chi connectivity index (χ2n) is 8.01. The van der Waals surface area contributed by atoms with Gasteiger partial charge in [0.15, 0.2) is 14.6 Å². The number of benzene rings is 2. The SMILES string of the molecule is CCN(Cc1nc2ccccc2c(=O)[nH]1)C(=O)C1(S(=O)(=O)c2ccc(Cl)cc2)CCCC1. The van der Waals surface area contributed by atoms with Crippen LogP contribution >= 0.6 is 11.6 Å². The number of sulfone groups is 1. The van der Waals surface area contributed by atoms with Gasteiger partial charge in [-0.05, 0) is 56.2 Å². The fourth-order valence-electron chi connectivity index (χ4n) is 4.39. The van der Waals surface area contributed by atoms with Gasteiger partial charge in [-0.1, -0.05) is 36.6 Å². The zero-order valence-corrected chi connectivity index (χ0v) is 19.2. The Kier molecular flexibility index (Phi) is 6.09. The van der Waals surface area contributed by atoms with E-state index in [9.17, 15) is 18.0 Å². The summed E-state index contributed by atoms with van der Waals surface area (Å²) in [5.41, 5.74) is 0.234. The van der Waals surface area contributed by atoms with Crippen molar-refractivity contribution in [2.45, 2.75) is 48.8 Å². The number of carbonyl (C=O) groups is 1. The van der Waals surface area contributed by atoms with Gasteiger partial charge in [0.05, 0.1) is 22.3 Å². The van der Waals surface area contributed by atoms with Crippen molar-refractivity contribution < 1.29 is 13.2 Å². The molecule has 1 heterocycles. The summed E-state index contributed by atoms with van der Waals surface area (Å²) in [6.45, 7) is 2.09. The summed E-state index contributed by atoms with van der Waals surface area (Å²) in [7, 11) is -3.95. The van der Waals surface area contributed by atoms with Crippen LogP contribution in [0.2, 0.25) is 5.02 Å². The van der Waals surface area contributed by atoms with Crippen LogP contribution in [0.4, 0.5) is 0 Å². The van der Waals surface area contributed by atoms with E-state index >= 15 is 0 Å². The molecule has 1 saturated carbocycles. The van der Waals surface area contributed by atoms with Crippen LogP contribution in [0.1, 0.15) is 38.4 Å². The number of aromatic amines is 1. The number of hydrogen-bond donors (Lipinski definition) is 1. The average Bonchev–Trinajstić information content (AvgIpc) is 3.29. The molecule has 0 aliphatic heterocycles. The van der Waals surface area contributed by atoms with Crippen molar-refractivity contribution in [2.24, 2.45) is 0 Å². The topological polar surface area (TPSA) is 100 Å². The van der Waals surface area contributed by atoms with Gasteiger partial charge in [0.25, 0.3) is 5.56 Å². The maximum Gasteiger partial charge on any atom is 0.258 e. The van der Waals surface area contributed by atoms with Crippen molar-refractivity contribution in [1.82, 2.24) is 14.9 Å². The van der Waals surface area contributed by atoms with E-state index in [0.29, 0.717) is 34.6 Å². The van der Waals surface area contributed by atoms with E-state index < -0.39 is 20.5 Å². The predicted octanol–water partition coefficient (Wildman–Crippen LogP) is 3.71. The Morgan fingerprint density at radius 2 is 1.78 bits per heavy atom. The molecule has 0 unspecified atom stereocenters. The summed E-state index contributed by atoms with van der Waals surface area (Å²) in [6.07, 6.45) is 1.83. The Morgan fingerprint density at radius 3 is 2.44 bits per heavy atom. The highest BCUT2D eigenvalue weighted by Crippen LogP contribution is 2.42. The van der Waals surface area contributed by atoms with Gasteiger partial charge in [-0.25, -0.2) is 13.4 Å². The highest BCUT2D eigenvalue weighted by atomic mass is 35.5. The van der Waals surface area contributed by atoms with Crippen LogP contribution in [0.15, 0.2) is 58.2 Å². The second kappa shape index (κ2) is 8.67. The largest absolute Gasteiger partial charge is 0.334 e. The van der Waals surface area contributed by atoms with Gasteiger partial charge >= 0.3 is 0 Å². The van der Waals surface area contributed by atoms with Gasteiger partial charge < -0.3 is 9.88 Å². The zero-order valence-electron chi connectivity index (χ0n) is 17.7. The number of nitrogens with one attached hydrogen (secondary N) is 1. The Bertz CT molecular complexity index is 1310. The molecule has 1 aromatic heterocycles. The van der Waals surface area contributed by atoms with Crippen LogP contribution in [-0.2, 0) is 21.2 Å². The third-order valence-electron chi connectivity index (χ3n) is 6.11. The smallest absolute Gasteiger partial charge is 0.258 e. The van der Waals surface area contributed by atoms with Gasteiger partial charge in [0.1, 0.15) is 5.82 Å². The normalized spacial score (nSPS) is 15.7. The Balaban J connectivity index is 1.71. The summed E-state index contributed by atoms with van der Waals surface area (Å²) >= 11 is 5.93. The molecule has 32 heavy (non-hydrogen) atoms. The van der Waals surface area contributed by atoms with E-state index in [2.05, 4.69) is 9.97 Å². The molecular formula is C23H24ClN3O4S. The minimum Gasteiger partial charge on any atom is -0.334 e. The van der Waals surface area contributed by atoms with E-state index in [1.54, 1.807) is 31.2 Å². The first kappa shape index (κ1) is 22.5. The van der Waals surface area contributed by atoms with E-state index in [0.717, 1.165) is 0 Å². The standard InChI is InChI=1S/C23H24ClN3O4S/c1-2-27(15-20-25-19-8-4-3-7-18(19)21(28)26-20)22(29)23(13-5-6-14-23)32(30,31)17-11-9-16(24)10-12-17/h3-4,7-12H,2,5-6,13-15H2,1H3,(H,25,26,28). The third-order valence-corrected chi connectivity index (χ3v) is 8.87. The molecule has 0 radical (unpaired) electrons. The average molecular weight is 474 g/mol. The Labute approximate surface area is 191 Å². The molecule has 9 heteroatoms. The van der Waals surface area contributed by atoms with E-state index in [1.165, 1.54) is 29.2 Å². The molecule has 1 amide bonds. The monoisotopic (exact) mass is 473 g/mol. The molecule has 1 fully saturated rings. The minimum atomic E-state index is -3.95. The fourth-order valence-corrected chi connectivity index (χ4v) is 6.65. The van der Waals surface area contributed by atoms with Crippen LogP contribution in [0.3, 0.4) is 0 Å².